The van der Waals surface area contributed by atoms with Crippen LogP contribution in [-0.4, -0.2) is 16.6 Å². The summed E-state index contributed by atoms with van der Waals surface area (Å²) in [7, 11) is 0. The van der Waals surface area contributed by atoms with Crippen LogP contribution in [0.3, 0.4) is 0 Å². The van der Waals surface area contributed by atoms with E-state index >= 15 is 0 Å². The zero-order valence-corrected chi connectivity index (χ0v) is 11.3. The van der Waals surface area contributed by atoms with E-state index in [1.54, 1.807) is 18.2 Å². The van der Waals surface area contributed by atoms with Gasteiger partial charge in [-0.15, -0.1) is 0 Å². The molecule has 1 amide bonds. The minimum absolute atomic E-state index is 0.444. The first-order valence-corrected chi connectivity index (χ1v) is 5.75. The van der Waals surface area contributed by atoms with Gasteiger partial charge in [0.15, 0.2) is 0 Å². The van der Waals surface area contributed by atoms with Crippen molar-refractivity contribution in [3.8, 4) is 0 Å². The van der Waals surface area contributed by atoms with Gasteiger partial charge in [0.25, 0.3) is 5.91 Å². The molecule has 0 radical (unpaired) electrons. The second-order valence-corrected chi connectivity index (χ2v) is 5.21. The Hall–Kier alpha value is -0.330. The standard InChI is InChI=1S/C10H11ClINO2/c1-10(2,15)9(14)13-6-3-4-7(11)8(12)5-6/h3-5,15H,1-2H3,(H,13,14). The topological polar surface area (TPSA) is 49.3 Å². The van der Waals surface area contributed by atoms with E-state index in [4.69, 9.17) is 11.6 Å². The molecule has 0 saturated heterocycles. The van der Waals surface area contributed by atoms with Crippen molar-refractivity contribution in [3.63, 3.8) is 0 Å². The lowest BCUT2D eigenvalue weighted by Gasteiger charge is -2.16. The van der Waals surface area contributed by atoms with Crippen molar-refractivity contribution in [1.29, 1.82) is 0 Å². The summed E-state index contributed by atoms with van der Waals surface area (Å²) in [6.07, 6.45) is 0. The first-order valence-electron chi connectivity index (χ1n) is 4.29. The number of anilines is 1. The smallest absolute Gasteiger partial charge is 0.255 e. The van der Waals surface area contributed by atoms with Crippen LogP contribution in [0.5, 0.6) is 0 Å². The highest BCUT2D eigenvalue weighted by atomic mass is 127. The second kappa shape index (κ2) is 4.67. The van der Waals surface area contributed by atoms with Crippen molar-refractivity contribution in [2.75, 3.05) is 5.32 Å². The lowest BCUT2D eigenvalue weighted by molar-refractivity contribution is -0.130. The maximum Gasteiger partial charge on any atom is 0.255 e. The Morgan fingerprint density at radius 3 is 2.60 bits per heavy atom. The molecular weight excluding hydrogens is 328 g/mol. The molecule has 5 heteroatoms. The largest absolute Gasteiger partial charge is 0.381 e. The van der Waals surface area contributed by atoms with Crippen molar-refractivity contribution in [2.24, 2.45) is 0 Å². The van der Waals surface area contributed by atoms with Crippen LogP contribution in [0.1, 0.15) is 13.8 Å². The summed E-state index contributed by atoms with van der Waals surface area (Å²) in [4.78, 5) is 11.4. The van der Waals surface area contributed by atoms with Crippen molar-refractivity contribution in [3.05, 3.63) is 26.8 Å². The van der Waals surface area contributed by atoms with E-state index in [-0.39, 0.29) is 0 Å². The number of hydrogen-bond acceptors (Lipinski definition) is 2. The van der Waals surface area contributed by atoms with Gasteiger partial charge in [-0.05, 0) is 54.6 Å². The van der Waals surface area contributed by atoms with Gasteiger partial charge >= 0.3 is 0 Å². The fourth-order valence-electron chi connectivity index (χ4n) is 0.858. The number of carbonyl (C=O) groups excluding carboxylic acids is 1. The molecule has 0 aliphatic rings. The van der Waals surface area contributed by atoms with E-state index in [0.29, 0.717) is 10.7 Å². The van der Waals surface area contributed by atoms with Crippen LogP contribution in [0.4, 0.5) is 5.69 Å². The molecule has 0 heterocycles. The van der Waals surface area contributed by atoms with Gasteiger partial charge in [-0.3, -0.25) is 4.79 Å². The van der Waals surface area contributed by atoms with Crippen LogP contribution in [0.15, 0.2) is 18.2 Å². The number of hydrogen-bond donors (Lipinski definition) is 2. The fraction of sp³-hybridized carbons (Fsp3) is 0.300. The average molecular weight is 340 g/mol. The molecule has 82 valence electrons. The molecule has 0 spiro atoms. The molecule has 0 saturated carbocycles. The molecule has 0 unspecified atom stereocenters. The molecule has 2 N–H and O–H groups in total. The molecule has 3 nitrogen and oxygen atoms in total. The summed E-state index contributed by atoms with van der Waals surface area (Å²) in [5.74, 6) is -0.444. The highest BCUT2D eigenvalue weighted by molar-refractivity contribution is 14.1. The van der Waals surface area contributed by atoms with Crippen molar-refractivity contribution >= 4 is 45.8 Å². The third-order valence-corrected chi connectivity index (χ3v) is 3.27. The molecule has 1 rings (SSSR count). The van der Waals surface area contributed by atoms with Gasteiger partial charge in [0.05, 0.1) is 5.02 Å². The number of halogens is 2. The molecule has 0 bridgehead atoms. The molecular formula is C10H11ClINO2. The van der Waals surface area contributed by atoms with E-state index in [9.17, 15) is 9.90 Å². The summed E-state index contributed by atoms with van der Waals surface area (Å²) >= 11 is 7.91. The average Bonchev–Trinajstić information content (AvgIpc) is 2.10. The summed E-state index contributed by atoms with van der Waals surface area (Å²) in [5, 5.41) is 12.7. The Morgan fingerprint density at radius 2 is 2.13 bits per heavy atom. The van der Waals surface area contributed by atoms with Gasteiger partial charge in [0.1, 0.15) is 5.60 Å². The van der Waals surface area contributed by atoms with Crippen molar-refractivity contribution in [1.82, 2.24) is 0 Å². The lowest BCUT2D eigenvalue weighted by atomic mass is 10.1. The molecule has 1 aromatic rings. The third-order valence-electron chi connectivity index (χ3n) is 1.73. The van der Waals surface area contributed by atoms with Gasteiger partial charge in [0, 0.05) is 9.26 Å². The first-order chi connectivity index (χ1) is 6.80. The minimum atomic E-state index is -1.38. The molecule has 0 aliphatic carbocycles. The molecule has 15 heavy (non-hydrogen) atoms. The maximum absolute atomic E-state index is 11.4. The Morgan fingerprint density at radius 1 is 1.53 bits per heavy atom. The van der Waals surface area contributed by atoms with Gasteiger partial charge in [-0.1, -0.05) is 11.6 Å². The summed E-state index contributed by atoms with van der Waals surface area (Å²) in [6.45, 7) is 2.87. The molecule has 0 aromatic heterocycles. The minimum Gasteiger partial charge on any atom is -0.381 e. The van der Waals surface area contributed by atoms with E-state index in [0.717, 1.165) is 3.57 Å². The Bertz CT molecular complexity index is 387. The lowest BCUT2D eigenvalue weighted by Crippen LogP contribution is -2.36. The van der Waals surface area contributed by atoms with Crippen LogP contribution in [0, 0.1) is 3.57 Å². The van der Waals surface area contributed by atoms with Crippen LogP contribution >= 0.6 is 34.2 Å². The predicted octanol–water partition coefficient (Wildman–Crippen LogP) is 2.65. The molecule has 0 atom stereocenters. The Balaban J connectivity index is 2.83. The van der Waals surface area contributed by atoms with E-state index in [1.165, 1.54) is 13.8 Å². The maximum atomic E-state index is 11.4. The molecule has 0 fully saturated rings. The number of rotatable bonds is 2. The predicted molar refractivity (Wildman–Crippen MR) is 69.1 cm³/mol. The van der Waals surface area contributed by atoms with Gasteiger partial charge < -0.3 is 10.4 Å². The van der Waals surface area contributed by atoms with Crippen LogP contribution in [-0.2, 0) is 4.79 Å². The fourth-order valence-corrected chi connectivity index (χ4v) is 1.49. The monoisotopic (exact) mass is 339 g/mol. The number of nitrogens with one attached hydrogen (secondary N) is 1. The number of benzene rings is 1. The van der Waals surface area contributed by atoms with Gasteiger partial charge in [0.2, 0.25) is 0 Å². The van der Waals surface area contributed by atoms with Gasteiger partial charge in [-0.2, -0.15) is 0 Å². The SMILES string of the molecule is CC(C)(O)C(=O)Nc1ccc(Cl)c(I)c1. The number of amides is 1. The van der Waals surface area contributed by atoms with E-state index < -0.39 is 11.5 Å². The molecule has 0 aliphatic heterocycles. The molecule has 1 aromatic carbocycles. The number of aliphatic hydroxyl groups is 1. The Kier molecular flexibility index (Phi) is 3.97. The summed E-state index contributed by atoms with van der Waals surface area (Å²) in [6, 6.07) is 5.13. The second-order valence-electron chi connectivity index (χ2n) is 3.64. The first kappa shape index (κ1) is 12.7. The quantitative estimate of drug-likeness (QED) is 0.814. The number of carbonyl (C=O) groups is 1. The summed E-state index contributed by atoms with van der Waals surface area (Å²) < 4.78 is 0.850. The highest BCUT2D eigenvalue weighted by Crippen LogP contribution is 2.22. The zero-order valence-electron chi connectivity index (χ0n) is 8.34. The third kappa shape index (κ3) is 3.62. The van der Waals surface area contributed by atoms with Crippen LogP contribution in [0.25, 0.3) is 0 Å². The highest BCUT2D eigenvalue weighted by Gasteiger charge is 2.23. The summed E-state index contributed by atoms with van der Waals surface area (Å²) in [5.41, 5.74) is -0.763. The zero-order chi connectivity index (χ0) is 11.6. The normalized spacial score (nSPS) is 11.3. The van der Waals surface area contributed by atoms with E-state index in [1.807, 2.05) is 0 Å². The van der Waals surface area contributed by atoms with Crippen LogP contribution in [0.2, 0.25) is 5.02 Å². The van der Waals surface area contributed by atoms with Crippen molar-refractivity contribution < 1.29 is 9.90 Å². The van der Waals surface area contributed by atoms with E-state index in [2.05, 4.69) is 27.9 Å². The van der Waals surface area contributed by atoms with Crippen LogP contribution < -0.4 is 5.32 Å². The van der Waals surface area contributed by atoms with Crippen molar-refractivity contribution in [2.45, 2.75) is 19.4 Å². The Labute approximate surface area is 107 Å². The van der Waals surface area contributed by atoms with Gasteiger partial charge in [-0.25, -0.2) is 0 Å².